The van der Waals surface area contributed by atoms with E-state index in [4.69, 9.17) is 11.5 Å². The smallest absolute Gasteiger partial charge is 0.208 e. The van der Waals surface area contributed by atoms with E-state index in [1.165, 1.54) is 0 Å². The summed E-state index contributed by atoms with van der Waals surface area (Å²) in [7, 11) is 0. The Kier molecular flexibility index (Phi) is 3.39. The molecule has 0 bridgehead atoms. The third kappa shape index (κ3) is 4.81. The van der Waals surface area contributed by atoms with Gasteiger partial charge >= 0.3 is 0 Å². The van der Waals surface area contributed by atoms with Crippen LogP contribution in [0.15, 0.2) is 17.8 Å². The van der Waals surface area contributed by atoms with E-state index in [0.29, 0.717) is 6.54 Å². The Morgan fingerprint density at radius 2 is 2.38 bits per heavy atom. The van der Waals surface area contributed by atoms with Gasteiger partial charge in [0.15, 0.2) is 0 Å². The quantitative estimate of drug-likeness (QED) is 0.144. The Hall–Kier alpha value is -1.19. The largest absolute Gasteiger partial charge is 0.369 e. The van der Waals surface area contributed by atoms with Crippen LogP contribution in [0.4, 0.5) is 0 Å². The van der Waals surface area contributed by atoms with Gasteiger partial charge in [0.25, 0.3) is 0 Å². The zero-order valence-electron chi connectivity index (χ0n) is 4.59. The number of nitrogens with two attached hydrogens (primary N) is 2. The summed E-state index contributed by atoms with van der Waals surface area (Å²) in [6, 6.07) is 0. The number of hydrazone groups is 1. The number of hydrogen-bond acceptors (Lipinski definition) is 2. The molecule has 0 fully saturated rings. The average Bonchev–Trinajstić information content (AvgIpc) is 1.66. The number of nitrogens with one attached hydrogen (secondary N) is 1. The van der Waals surface area contributed by atoms with Crippen molar-refractivity contribution in [2.24, 2.45) is 16.6 Å². The standard InChI is InChI=1S/C4H10N4/c1-2-3-7-8-4(5)6/h2,7H,1,3H2,(H4,5,6,8). The molecule has 0 saturated carbocycles. The van der Waals surface area contributed by atoms with Crippen molar-refractivity contribution >= 4 is 5.96 Å². The second-order valence-corrected chi connectivity index (χ2v) is 1.19. The molecular formula is C4H10N4. The van der Waals surface area contributed by atoms with E-state index in [-0.39, 0.29) is 5.96 Å². The van der Waals surface area contributed by atoms with Crippen molar-refractivity contribution in [3.05, 3.63) is 12.7 Å². The second kappa shape index (κ2) is 3.98. The maximum Gasteiger partial charge on any atom is 0.208 e. The lowest BCUT2D eigenvalue weighted by molar-refractivity contribution is 0.821. The Labute approximate surface area is 48.2 Å². The minimum absolute atomic E-state index is 0.0341. The van der Waals surface area contributed by atoms with Crippen LogP contribution in [0.2, 0.25) is 0 Å². The van der Waals surface area contributed by atoms with Crippen LogP contribution in [0, 0.1) is 0 Å². The van der Waals surface area contributed by atoms with E-state index >= 15 is 0 Å². The van der Waals surface area contributed by atoms with Gasteiger partial charge in [-0.05, 0) is 0 Å². The average molecular weight is 114 g/mol. The maximum absolute atomic E-state index is 4.96. The van der Waals surface area contributed by atoms with Gasteiger partial charge in [-0.3, -0.25) is 0 Å². The van der Waals surface area contributed by atoms with Crippen molar-refractivity contribution in [1.29, 1.82) is 0 Å². The van der Waals surface area contributed by atoms with Gasteiger partial charge in [-0.25, -0.2) is 0 Å². The van der Waals surface area contributed by atoms with Crippen molar-refractivity contribution in [2.75, 3.05) is 6.54 Å². The molecule has 0 heterocycles. The van der Waals surface area contributed by atoms with Gasteiger partial charge in [-0.1, -0.05) is 6.08 Å². The summed E-state index contributed by atoms with van der Waals surface area (Å²) in [5, 5.41) is 3.47. The zero-order chi connectivity index (χ0) is 6.41. The highest BCUT2D eigenvalue weighted by molar-refractivity contribution is 5.75. The first-order chi connectivity index (χ1) is 3.77. The predicted octanol–water partition coefficient (Wildman–Crippen LogP) is -1.05. The molecule has 0 spiro atoms. The summed E-state index contributed by atoms with van der Waals surface area (Å²) in [6.45, 7) is 4.03. The van der Waals surface area contributed by atoms with Gasteiger partial charge < -0.3 is 16.9 Å². The molecule has 0 rings (SSSR count). The van der Waals surface area contributed by atoms with E-state index in [1.807, 2.05) is 0 Å². The first-order valence-corrected chi connectivity index (χ1v) is 2.19. The van der Waals surface area contributed by atoms with Gasteiger partial charge in [0, 0.05) is 0 Å². The highest BCUT2D eigenvalue weighted by Gasteiger charge is 1.73. The normalized spacial score (nSPS) is 7.50. The van der Waals surface area contributed by atoms with Crippen LogP contribution in [-0.4, -0.2) is 12.5 Å². The number of rotatable bonds is 3. The lowest BCUT2D eigenvalue weighted by Gasteiger charge is -1.91. The summed E-state index contributed by atoms with van der Waals surface area (Å²) < 4.78 is 0. The predicted molar refractivity (Wildman–Crippen MR) is 34.0 cm³/mol. The maximum atomic E-state index is 4.96. The molecule has 4 nitrogen and oxygen atoms in total. The minimum atomic E-state index is 0.0341. The van der Waals surface area contributed by atoms with Gasteiger partial charge in [0.2, 0.25) is 5.96 Å². The van der Waals surface area contributed by atoms with Crippen LogP contribution >= 0.6 is 0 Å². The van der Waals surface area contributed by atoms with Crippen LogP contribution in [0.25, 0.3) is 0 Å². The van der Waals surface area contributed by atoms with Gasteiger partial charge in [0.05, 0.1) is 6.54 Å². The van der Waals surface area contributed by atoms with Crippen LogP contribution in [0.5, 0.6) is 0 Å². The molecule has 46 valence electrons. The van der Waals surface area contributed by atoms with E-state index in [1.54, 1.807) is 6.08 Å². The summed E-state index contributed by atoms with van der Waals surface area (Å²) in [5.41, 5.74) is 12.5. The topological polar surface area (TPSA) is 76.4 Å². The molecule has 5 N–H and O–H groups in total. The molecule has 0 aliphatic rings. The number of nitrogens with zero attached hydrogens (tertiary/aromatic N) is 1. The first-order valence-electron chi connectivity index (χ1n) is 2.19. The highest BCUT2D eigenvalue weighted by atomic mass is 15.3. The lowest BCUT2D eigenvalue weighted by atomic mass is 10.7. The molecule has 0 aromatic rings. The van der Waals surface area contributed by atoms with Crippen LogP contribution in [-0.2, 0) is 0 Å². The molecule has 0 saturated heterocycles. The molecule has 0 atom stereocenters. The highest BCUT2D eigenvalue weighted by Crippen LogP contribution is 1.58. The Morgan fingerprint density at radius 1 is 1.75 bits per heavy atom. The van der Waals surface area contributed by atoms with Crippen molar-refractivity contribution < 1.29 is 0 Å². The van der Waals surface area contributed by atoms with Gasteiger partial charge in [-0.2, -0.15) is 0 Å². The van der Waals surface area contributed by atoms with Gasteiger partial charge in [0.1, 0.15) is 0 Å². The molecule has 0 aliphatic heterocycles. The third-order valence-electron chi connectivity index (χ3n) is 0.444. The SMILES string of the molecule is C=CCNN=C(N)N. The fourth-order valence-corrected chi connectivity index (χ4v) is 0.201. The Balaban J connectivity index is 3.15. The molecule has 0 amide bonds. The molecular weight excluding hydrogens is 104 g/mol. The van der Waals surface area contributed by atoms with E-state index in [2.05, 4.69) is 17.1 Å². The molecule has 8 heavy (non-hydrogen) atoms. The Morgan fingerprint density at radius 3 is 2.75 bits per heavy atom. The third-order valence-corrected chi connectivity index (χ3v) is 0.444. The fraction of sp³-hybridized carbons (Fsp3) is 0.250. The van der Waals surface area contributed by atoms with Crippen LogP contribution < -0.4 is 16.9 Å². The Bertz CT molecular complexity index is 92.2. The van der Waals surface area contributed by atoms with Crippen molar-refractivity contribution in [2.45, 2.75) is 0 Å². The van der Waals surface area contributed by atoms with Crippen LogP contribution in [0.1, 0.15) is 0 Å². The lowest BCUT2D eigenvalue weighted by Crippen LogP contribution is -2.26. The molecule has 0 aromatic carbocycles. The summed E-state index contributed by atoms with van der Waals surface area (Å²) in [6.07, 6.45) is 1.66. The molecule has 0 unspecified atom stereocenters. The van der Waals surface area contributed by atoms with E-state index in [0.717, 1.165) is 0 Å². The number of hydrogen-bond donors (Lipinski definition) is 3. The monoisotopic (exact) mass is 114 g/mol. The fourth-order valence-electron chi connectivity index (χ4n) is 0.201. The van der Waals surface area contributed by atoms with Gasteiger partial charge in [-0.15, -0.1) is 11.7 Å². The molecule has 0 aliphatic carbocycles. The second-order valence-electron chi connectivity index (χ2n) is 1.19. The van der Waals surface area contributed by atoms with E-state index in [9.17, 15) is 0 Å². The van der Waals surface area contributed by atoms with E-state index < -0.39 is 0 Å². The molecule has 0 aromatic heterocycles. The van der Waals surface area contributed by atoms with Crippen molar-refractivity contribution in [1.82, 2.24) is 5.43 Å². The molecule has 0 radical (unpaired) electrons. The van der Waals surface area contributed by atoms with Crippen molar-refractivity contribution in [3.8, 4) is 0 Å². The summed E-state index contributed by atoms with van der Waals surface area (Å²) in [4.78, 5) is 0. The minimum Gasteiger partial charge on any atom is -0.369 e. The van der Waals surface area contributed by atoms with Crippen molar-refractivity contribution in [3.63, 3.8) is 0 Å². The zero-order valence-corrected chi connectivity index (χ0v) is 4.59. The van der Waals surface area contributed by atoms with Crippen LogP contribution in [0.3, 0.4) is 0 Å². The summed E-state index contributed by atoms with van der Waals surface area (Å²) in [5.74, 6) is 0.0341. The molecule has 4 heteroatoms. The number of guanidine groups is 1. The summed E-state index contributed by atoms with van der Waals surface area (Å²) >= 11 is 0. The first kappa shape index (κ1) is 6.81.